The van der Waals surface area contributed by atoms with Gasteiger partial charge in [0, 0.05) is 38.6 Å². The first-order valence-electron chi connectivity index (χ1n) is 14.4. The molecule has 1 aliphatic carbocycles. The predicted octanol–water partition coefficient (Wildman–Crippen LogP) is 6.67. The molecule has 2 aliphatic rings. The molecule has 3 unspecified atom stereocenters. The zero-order valence-corrected chi connectivity index (χ0v) is 28.2. The number of hydrogen-bond donors (Lipinski definition) is 1. The van der Waals surface area contributed by atoms with Crippen LogP contribution in [-0.4, -0.2) is 69.0 Å². The van der Waals surface area contributed by atoms with Crippen LogP contribution in [0, 0.1) is 23.2 Å². The first-order valence-corrected chi connectivity index (χ1v) is 18.9. The number of carboxylic acid groups (broad SMARTS) is 1. The molecule has 1 N–H and O–H groups in total. The van der Waals surface area contributed by atoms with Crippen LogP contribution in [0.3, 0.4) is 0 Å². The normalized spacial score (nSPS) is 23.0. The highest BCUT2D eigenvalue weighted by Gasteiger charge is 2.72. The van der Waals surface area contributed by atoms with Gasteiger partial charge in [-0.05, 0) is 70.0 Å². The van der Waals surface area contributed by atoms with Crippen LogP contribution in [0.4, 0.5) is 13.6 Å². The summed E-state index contributed by atoms with van der Waals surface area (Å²) in [5.74, 6) is -3.42. The summed E-state index contributed by atoms with van der Waals surface area (Å²) in [6.07, 6.45) is 2.86. The zero-order valence-electron chi connectivity index (χ0n) is 26.4. The number of fused-ring (bicyclic) bond motifs is 1. The van der Waals surface area contributed by atoms with E-state index < -0.39 is 53.7 Å². The number of nitriles is 1. The quantitative estimate of drug-likeness (QED) is 0.136. The number of aliphatic imine (C=N–C) groups is 1. The molecule has 4 rings (SSSR count). The Morgan fingerprint density at radius 1 is 1.27 bits per heavy atom. The smallest absolute Gasteiger partial charge is 0.418 e. The summed E-state index contributed by atoms with van der Waals surface area (Å²) in [5, 5.41) is 19.3. The van der Waals surface area contributed by atoms with E-state index in [1.807, 2.05) is 6.07 Å². The molecule has 2 aromatic heterocycles. The van der Waals surface area contributed by atoms with Gasteiger partial charge in [-0.2, -0.15) is 9.65 Å². The van der Waals surface area contributed by atoms with Crippen molar-refractivity contribution in [3.63, 3.8) is 0 Å². The molecular formula is C31H37F2N5O5SSi. The number of carbonyl (C=O) groups excluding carboxylic acids is 1. The highest BCUT2D eigenvalue weighted by molar-refractivity contribution is 8.15. The van der Waals surface area contributed by atoms with Gasteiger partial charge in [0.25, 0.3) is 0 Å². The summed E-state index contributed by atoms with van der Waals surface area (Å²) in [7, 11) is -1.45. The average Bonchev–Trinajstić information content (AvgIpc) is 3.70. The molecule has 0 bridgehead atoms. The number of rotatable bonds is 9. The second-order valence-corrected chi connectivity index (χ2v) is 20.4. The van der Waals surface area contributed by atoms with Crippen LogP contribution >= 0.6 is 11.8 Å². The molecule has 3 heterocycles. The minimum absolute atomic E-state index is 0.0178. The molecule has 240 valence electrons. The lowest BCUT2D eigenvalue weighted by Gasteiger charge is -2.37. The van der Waals surface area contributed by atoms with E-state index >= 15 is 8.78 Å². The summed E-state index contributed by atoms with van der Waals surface area (Å²) >= 11 is 0.918. The fourth-order valence-corrected chi connectivity index (χ4v) is 7.14. The van der Waals surface area contributed by atoms with Gasteiger partial charge < -0.3 is 14.6 Å². The van der Waals surface area contributed by atoms with Gasteiger partial charge in [-0.15, -0.1) is 0 Å². The van der Waals surface area contributed by atoms with Crippen molar-refractivity contribution >= 4 is 49.0 Å². The summed E-state index contributed by atoms with van der Waals surface area (Å²) in [4.78, 5) is 39.8. The van der Waals surface area contributed by atoms with E-state index in [9.17, 15) is 14.7 Å². The van der Waals surface area contributed by atoms with Crippen LogP contribution in [0.15, 0.2) is 35.6 Å². The molecule has 14 heteroatoms. The number of pyridine rings is 2. The molecule has 1 amide bonds. The maximum absolute atomic E-state index is 15.5. The number of thioether (sulfide) groups is 1. The SMILES string of the molecule is CC(C)(C)OC(=O)N(COCC[Si](C)(C)C)C1=NC(C)(c2cc(C=C(F)c3ccc(C#N)cn3)cnc2F)C2CC2(C(=O)O)S1. The molecule has 0 saturated heterocycles. The molecule has 1 saturated carbocycles. The van der Waals surface area contributed by atoms with E-state index in [0.29, 0.717) is 6.61 Å². The van der Waals surface area contributed by atoms with Gasteiger partial charge in [0.05, 0.1) is 16.8 Å². The first kappa shape index (κ1) is 34.2. The Kier molecular flexibility index (Phi) is 9.59. The molecule has 10 nitrogen and oxygen atoms in total. The van der Waals surface area contributed by atoms with Crippen LogP contribution in [0.1, 0.15) is 56.5 Å². The summed E-state index contributed by atoms with van der Waals surface area (Å²) in [6, 6.07) is 6.89. The van der Waals surface area contributed by atoms with Crippen molar-refractivity contribution in [2.24, 2.45) is 10.9 Å². The van der Waals surface area contributed by atoms with Crippen molar-refractivity contribution in [1.82, 2.24) is 14.9 Å². The second kappa shape index (κ2) is 12.6. The largest absolute Gasteiger partial charge is 0.480 e. The molecule has 1 aliphatic heterocycles. The van der Waals surface area contributed by atoms with E-state index in [1.165, 1.54) is 24.4 Å². The number of nitrogens with zero attached hydrogens (tertiary/aromatic N) is 5. The van der Waals surface area contributed by atoms with E-state index in [2.05, 4.69) is 29.6 Å². The van der Waals surface area contributed by atoms with Gasteiger partial charge in [0.1, 0.15) is 29.0 Å². The van der Waals surface area contributed by atoms with E-state index in [4.69, 9.17) is 19.7 Å². The monoisotopic (exact) mass is 657 g/mol. The molecular weight excluding hydrogens is 621 g/mol. The number of hydrogen-bond acceptors (Lipinski definition) is 9. The van der Waals surface area contributed by atoms with Gasteiger partial charge in [0.2, 0.25) is 5.95 Å². The fraction of sp³-hybridized carbons (Fsp3) is 0.484. The lowest BCUT2D eigenvalue weighted by atomic mass is 9.86. The van der Waals surface area contributed by atoms with Gasteiger partial charge >= 0.3 is 12.1 Å². The number of aliphatic carboxylic acids is 1. The highest BCUT2D eigenvalue weighted by atomic mass is 32.2. The van der Waals surface area contributed by atoms with Crippen molar-refractivity contribution in [2.45, 2.75) is 75.7 Å². The Morgan fingerprint density at radius 3 is 2.56 bits per heavy atom. The van der Waals surface area contributed by atoms with Crippen molar-refractivity contribution < 1.29 is 33.0 Å². The number of amidine groups is 1. The number of ether oxygens (including phenoxy) is 2. The molecule has 0 radical (unpaired) electrons. The van der Waals surface area contributed by atoms with Crippen molar-refractivity contribution in [1.29, 1.82) is 5.26 Å². The summed E-state index contributed by atoms with van der Waals surface area (Å²) in [5.41, 5.74) is -1.98. The average molecular weight is 658 g/mol. The summed E-state index contributed by atoms with van der Waals surface area (Å²) < 4.78 is 40.7. The zero-order chi connectivity index (χ0) is 33.4. The number of carbonyl (C=O) groups is 2. The van der Waals surface area contributed by atoms with Gasteiger partial charge in [-0.3, -0.25) is 14.8 Å². The second-order valence-electron chi connectivity index (χ2n) is 13.5. The van der Waals surface area contributed by atoms with Crippen LogP contribution in [-0.2, 0) is 19.8 Å². The maximum atomic E-state index is 15.5. The van der Waals surface area contributed by atoms with E-state index in [1.54, 1.807) is 27.7 Å². The third-order valence-electron chi connectivity index (χ3n) is 7.45. The van der Waals surface area contributed by atoms with Crippen LogP contribution in [0.25, 0.3) is 11.9 Å². The van der Waals surface area contributed by atoms with Crippen molar-refractivity contribution in [3.8, 4) is 6.07 Å². The van der Waals surface area contributed by atoms with Gasteiger partial charge in [-0.1, -0.05) is 31.4 Å². The maximum Gasteiger partial charge on any atom is 0.418 e. The molecule has 0 spiro atoms. The Hall–Kier alpha value is -3.67. The highest BCUT2D eigenvalue weighted by Crippen LogP contribution is 2.66. The third-order valence-corrected chi connectivity index (χ3v) is 10.6. The Bertz CT molecular complexity index is 1580. The third kappa shape index (κ3) is 7.77. The molecule has 0 aromatic carbocycles. The topological polar surface area (TPSA) is 138 Å². The lowest BCUT2D eigenvalue weighted by molar-refractivity contribution is -0.137. The standard InChI is InChI=1S/C31H37F2N5O5SSi/c1-29(2,3)43-28(41)38(18-42-10-11-45(5,6)7)27-37-30(4,24-14-31(24,44-27)26(39)40)21-12-20(17-36-25(21)33)13-22(32)23-9-8-19(15-34)16-35-23/h8-9,12-13,16-17,24H,10-11,14,18H2,1-7H3,(H,39,40). The van der Waals surface area contributed by atoms with Crippen LogP contribution in [0.2, 0.25) is 25.7 Å². The van der Waals surface area contributed by atoms with Crippen molar-refractivity contribution in [3.05, 3.63) is 58.9 Å². The number of halogens is 2. The molecule has 3 atom stereocenters. The molecule has 45 heavy (non-hydrogen) atoms. The van der Waals surface area contributed by atoms with Gasteiger partial charge in [-0.25, -0.2) is 19.1 Å². The van der Waals surface area contributed by atoms with E-state index in [0.717, 1.165) is 35.0 Å². The molecule has 2 aromatic rings. The van der Waals surface area contributed by atoms with Crippen molar-refractivity contribution in [2.75, 3.05) is 13.3 Å². The van der Waals surface area contributed by atoms with Crippen LogP contribution in [0.5, 0.6) is 0 Å². The number of aromatic nitrogens is 2. The minimum atomic E-state index is -1.48. The number of carboxylic acids is 1. The Morgan fingerprint density at radius 2 is 1.98 bits per heavy atom. The fourth-order valence-electron chi connectivity index (χ4n) is 4.87. The Labute approximate surface area is 266 Å². The molecule has 1 fully saturated rings. The minimum Gasteiger partial charge on any atom is -0.480 e. The van der Waals surface area contributed by atoms with Gasteiger partial charge in [0.15, 0.2) is 5.17 Å². The lowest BCUT2D eigenvalue weighted by Crippen LogP contribution is -2.47. The number of amides is 1. The summed E-state index contributed by atoms with van der Waals surface area (Å²) in [6.45, 7) is 13.4. The predicted molar refractivity (Wildman–Crippen MR) is 170 cm³/mol. The Balaban J connectivity index is 1.76. The first-order chi connectivity index (χ1) is 20.9. The van der Waals surface area contributed by atoms with E-state index in [-0.39, 0.29) is 40.7 Å². The van der Waals surface area contributed by atoms with Crippen LogP contribution < -0.4 is 0 Å².